The molecule has 1 unspecified atom stereocenters. The van der Waals surface area contributed by atoms with E-state index in [4.69, 9.17) is 4.99 Å². The van der Waals surface area contributed by atoms with Gasteiger partial charge >= 0.3 is 0 Å². The van der Waals surface area contributed by atoms with Gasteiger partial charge in [-0.05, 0) is 89.5 Å². The van der Waals surface area contributed by atoms with Crippen LogP contribution < -0.4 is 0 Å². The van der Waals surface area contributed by atoms with Gasteiger partial charge in [-0.15, -0.1) is 0 Å². The average Bonchev–Trinajstić information content (AvgIpc) is 3.54. The minimum absolute atomic E-state index is 0.0374. The van der Waals surface area contributed by atoms with Crippen molar-refractivity contribution in [1.82, 2.24) is 4.90 Å². The summed E-state index contributed by atoms with van der Waals surface area (Å²) in [4.78, 5) is 7.45. The third-order valence-corrected chi connectivity index (χ3v) is 9.32. The number of benzene rings is 7. The molecule has 0 aliphatic carbocycles. The van der Waals surface area contributed by atoms with Crippen molar-refractivity contribution < 1.29 is 0 Å². The molecule has 2 aliphatic rings. The largest absolute Gasteiger partial charge is 0.347 e. The van der Waals surface area contributed by atoms with Gasteiger partial charge in [0.25, 0.3) is 0 Å². The molecule has 0 radical (unpaired) electrons. The number of hydrogen-bond acceptors (Lipinski definition) is 2. The van der Waals surface area contributed by atoms with Crippen LogP contribution in [-0.4, -0.2) is 23.3 Å². The van der Waals surface area contributed by atoms with Crippen LogP contribution in [0.5, 0.6) is 0 Å². The predicted molar refractivity (Wildman–Crippen MR) is 190 cm³/mol. The summed E-state index contributed by atoms with van der Waals surface area (Å²) in [5.41, 5.74) is 9.80. The standard InChI is InChI=1S/C43H30N2/c1-2-10-29(11-3-1)34-24-25-45-28-40(44-41(45)27-34)31-19-21-32(22-20-31)42-36-14-6-8-16-38(36)43(39-17-9-7-15-37(39)42)35-23-18-30-12-4-5-13-33(30)26-35/h1-27,41H,28H2. The molecule has 0 aromatic heterocycles. The molecule has 0 spiro atoms. The van der Waals surface area contributed by atoms with Crippen LogP contribution >= 0.6 is 0 Å². The van der Waals surface area contributed by atoms with Gasteiger partial charge in [0.05, 0.1) is 12.3 Å². The van der Waals surface area contributed by atoms with Crippen LogP contribution in [-0.2, 0) is 0 Å². The van der Waals surface area contributed by atoms with E-state index in [1.165, 1.54) is 71.3 Å². The van der Waals surface area contributed by atoms with E-state index in [0.29, 0.717) is 0 Å². The second-order valence-corrected chi connectivity index (χ2v) is 11.9. The highest BCUT2D eigenvalue weighted by Gasteiger charge is 2.26. The normalized spacial score (nSPS) is 15.8. The molecule has 2 heteroatoms. The van der Waals surface area contributed by atoms with Crippen molar-refractivity contribution in [2.45, 2.75) is 6.17 Å². The van der Waals surface area contributed by atoms with Gasteiger partial charge in [0.15, 0.2) is 0 Å². The number of rotatable bonds is 4. The number of aliphatic imine (C=N–C) groups is 1. The monoisotopic (exact) mass is 574 g/mol. The lowest BCUT2D eigenvalue weighted by molar-refractivity contribution is 0.395. The second-order valence-electron chi connectivity index (χ2n) is 11.9. The molecule has 0 bridgehead atoms. The molecule has 0 saturated heterocycles. The number of hydrogen-bond donors (Lipinski definition) is 0. The molecule has 2 aliphatic heterocycles. The molecule has 7 aromatic rings. The fourth-order valence-corrected chi connectivity index (χ4v) is 7.12. The summed E-state index contributed by atoms with van der Waals surface area (Å²) >= 11 is 0. The highest BCUT2D eigenvalue weighted by atomic mass is 15.3. The van der Waals surface area contributed by atoms with Crippen LogP contribution in [0.15, 0.2) is 169 Å². The lowest BCUT2D eigenvalue weighted by atomic mass is 9.85. The van der Waals surface area contributed by atoms with Gasteiger partial charge in [0.1, 0.15) is 6.17 Å². The van der Waals surface area contributed by atoms with Crippen LogP contribution in [0, 0.1) is 0 Å². The molecule has 2 nitrogen and oxygen atoms in total. The number of allylic oxidation sites excluding steroid dienone is 2. The smallest absolute Gasteiger partial charge is 0.141 e. The van der Waals surface area contributed by atoms with Gasteiger partial charge in [-0.25, -0.2) is 0 Å². The third-order valence-electron chi connectivity index (χ3n) is 9.32. The van der Waals surface area contributed by atoms with Crippen molar-refractivity contribution in [2.24, 2.45) is 4.99 Å². The average molecular weight is 575 g/mol. The molecular weight excluding hydrogens is 544 g/mol. The van der Waals surface area contributed by atoms with Crippen LogP contribution in [0.25, 0.3) is 60.1 Å². The lowest BCUT2D eigenvalue weighted by Gasteiger charge is -2.23. The minimum Gasteiger partial charge on any atom is -0.347 e. The third kappa shape index (κ3) is 4.38. The van der Waals surface area contributed by atoms with Gasteiger partial charge in [0.2, 0.25) is 0 Å². The zero-order valence-corrected chi connectivity index (χ0v) is 24.8. The predicted octanol–water partition coefficient (Wildman–Crippen LogP) is 10.5. The maximum atomic E-state index is 5.14. The summed E-state index contributed by atoms with van der Waals surface area (Å²) in [6, 6.07) is 52.8. The zero-order chi connectivity index (χ0) is 29.7. The topological polar surface area (TPSA) is 15.6 Å². The van der Waals surface area contributed by atoms with Crippen molar-refractivity contribution in [2.75, 3.05) is 6.54 Å². The van der Waals surface area contributed by atoms with Gasteiger partial charge in [0, 0.05) is 6.20 Å². The highest BCUT2D eigenvalue weighted by molar-refractivity contribution is 6.21. The SMILES string of the molecule is C1=CN2CC(c3ccc(-c4c5ccccc5c(-c5ccc6ccccc6c5)c5ccccc45)cc3)=NC2C=C1c1ccccc1. The van der Waals surface area contributed by atoms with Crippen LogP contribution in [0.4, 0.5) is 0 Å². The van der Waals surface area contributed by atoms with Gasteiger partial charge in [-0.3, -0.25) is 4.99 Å². The van der Waals surface area contributed by atoms with Crippen LogP contribution in [0.2, 0.25) is 0 Å². The van der Waals surface area contributed by atoms with Crippen molar-refractivity contribution in [1.29, 1.82) is 0 Å². The molecule has 0 N–H and O–H groups in total. The molecule has 45 heavy (non-hydrogen) atoms. The second kappa shape index (κ2) is 10.5. The Morgan fingerprint density at radius 3 is 1.73 bits per heavy atom. The van der Waals surface area contributed by atoms with E-state index in [9.17, 15) is 0 Å². The zero-order valence-electron chi connectivity index (χ0n) is 24.8. The first-order chi connectivity index (χ1) is 22.3. The summed E-state index contributed by atoms with van der Waals surface area (Å²) < 4.78 is 0. The Morgan fingerprint density at radius 2 is 1.04 bits per heavy atom. The van der Waals surface area contributed by atoms with Gasteiger partial charge in [-0.1, -0.05) is 140 Å². The summed E-state index contributed by atoms with van der Waals surface area (Å²) in [6.45, 7) is 0.811. The van der Waals surface area contributed by atoms with Gasteiger partial charge in [-0.2, -0.15) is 0 Å². The van der Waals surface area contributed by atoms with Gasteiger partial charge < -0.3 is 4.90 Å². The number of nitrogens with zero attached hydrogens (tertiary/aromatic N) is 2. The Bertz CT molecular complexity index is 2290. The number of fused-ring (bicyclic) bond motifs is 4. The first-order valence-corrected chi connectivity index (χ1v) is 15.6. The Morgan fingerprint density at radius 1 is 0.489 bits per heavy atom. The molecule has 212 valence electrons. The Hall–Kier alpha value is -5.73. The quantitative estimate of drug-likeness (QED) is 0.191. The maximum absolute atomic E-state index is 5.14. The molecule has 0 fully saturated rings. The van der Waals surface area contributed by atoms with Crippen molar-refractivity contribution in [3.8, 4) is 22.3 Å². The Kier molecular flexibility index (Phi) is 5.99. The maximum Gasteiger partial charge on any atom is 0.141 e. The lowest BCUT2D eigenvalue weighted by Crippen LogP contribution is -2.26. The fraction of sp³-hybridized carbons (Fsp3) is 0.0465. The van der Waals surface area contributed by atoms with Crippen molar-refractivity contribution in [3.63, 3.8) is 0 Å². The van der Waals surface area contributed by atoms with E-state index < -0.39 is 0 Å². The van der Waals surface area contributed by atoms with E-state index in [2.05, 4.69) is 169 Å². The molecular formula is C43H30N2. The molecule has 9 rings (SSSR count). The fourth-order valence-electron chi connectivity index (χ4n) is 7.12. The van der Waals surface area contributed by atoms with E-state index in [1.54, 1.807) is 0 Å². The van der Waals surface area contributed by atoms with Crippen molar-refractivity contribution in [3.05, 3.63) is 175 Å². The van der Waals surface area contributed by atoms with Crippen LogP contribution in [0.1, 0.15) is 11.1 Å². The van der Waals surface area contributed by atoms with Crippen molar-refractivity contribution >= 4 is 43.6 Å². The molecule has 7 aromatic carbocycles. The molecule has 0 amide bonds. The Balaban J connectivity index is 1.13. The van der Waals surface area contributed by atoms with E-state index in [-0.39, 0.29) is 6.17 Å². The van der Waals surface area contributed by atoms with E-state index in [0.717, 1.165) is 12.3 Å². The Labute approximate surface area is 262 Å². The molecule has 1 atom stereocenters. The first-order valence-electron chi connectivity index (χ1n) is 15.6. The summed E-state index contributed by atoms with van der Waals surface area (Å²) in [5.74, 6) is 0. The summed E-state index contributed by atoms with van der Waals surface area (Å²) in [7, 11) is 0. The van der Waals surface area contributed by atoms with E-state index in [1.807, 2.05) is 0 Å². The summed E-state index contributed by atoms with van der Waals surface area (Å²) in [5, 5.41) is 7.61. The van der Waals surface area contributed by atoms with Crippen LogP contribution in [0.3, 0.4) is 0 Å². The molecule has 0 saturated carbocycles. The van der Waals surface area contributed by atoms with E-state index >= 15 is 0 Å². The molecule has 2 heterocycles. The first kappa shape index (κ1) is 25.7. The minimum atomic E-state index is 0.0374. The highest BCUT2D eigenvalue weighted by Crippen LogP contribution is 2.44. The summed E-state index contributed by atoms with van der Waals surface area (Å²) in [6.07, 6.45) is 6.69.